The summed E-state index contributed by atoms with van der Waals surface area (Å²) in [6, 6.07) is 0. The van der Waals surface area contributed by atoms with Gasteiger partial charge < -0.3 is 13.3 Å². The zero-order valence-corrected chi connectivity index (χ0v) is 9.52. The van der Waals surface area contributed by atoms with Gasteiger partial charge in [0.2, 0.25) is 0 Å². The van der Waals surface area contributed by atoms with Crippen molar-refractivity contribution in [2.45, 2.75) is 19.3 Å². The maximum Gasteiger partial charge on any atom is 0.548 e. The molecule has 3 nitrogen and oxygen atoms in total. The minimum atomic E-state index is -1.86. The van der Waals surface area contributed by atoms with Crippen LogP contribution in [0.5, 0.6) is 0 Å². The van der Waals surface area contributed by atoms with Gasteiger partial charge in [-0.2, -0.15) is 0 Å². The van der Waals surface area contributed by atoms with Crippen LogP contribution in [0.15, 0.2) is 25.0 Å². The average molecular weight is 202 g/mol. The summed E-state index contributed by atoms with van der Waals surface area (Å²) in [5.41, 5.74) is 0. The lowest BCUT2D eigenvalue weighted by Gasteiger charge is -2.08. The Morgan fingerprint density at radius 1 is 1.23 bits per heavy atom. The van der Waals surface area contributed by atoms with Crippen molar-refractivity contribution < 1.29 is 13.3 Å². The molecule has 76 valence electrons. The largest absolute Gasteiger partial charge is 0.548 e. The Labute approximate surface area is 82.0 Å². The van der Waals surface area contributed by atoms with Crippen molar-refractivity contribution >= 4 is 9.53 Å². The van der Waals surface area contributed by atoms with Crippen LogP contribution in [0.2, 0.25) is 0 Å². The molecule has 0 atom stereocenters. The van der Waals surface area contributed by atoms with E-state index in [0.717, 1.165) is 19.3 Å². The van der Waals surface area contributed by atoms with Crippen molar-refractivity contribution in [2.75, 3.05) is 14.2 Å². The van der Waals surface area contributed by atoms with Gasteiger partial charge in [0.05, 0.1) is 6.26 Å². The molecule has 0 fully saturated rings. The summed E-state index contributed by atoms with van der Waals surface area (Å²) in [7, 11) is 1.32. The molecule has 0 aromatic heterocycles. The number of rotatable bonds is 8. The highest BCUT2D eigenvalue weighted by Crippen LogP contribution is 1.97. The van der Waals surface area contributed by atoms with Crippen LogP contribution in [-0.4, -0.2) is 23.7 Å². The molecule has 13 heavy (non-hydrogen) atoms. The molecule has 0 aromatic rings. The lowest BCUT2D eigenvalue weighted by molar-refractivity contribution is 0.181. The highest BCUT2D eigenvalue weighted by Gasteiger charge is 2.08. The van der Waals surface area contributed by atoms with Crippen LogP contribution in [0, 0.1) is 0 Å². The lowest BCUT2D eigenvalue weighted by atomic mass is 10.2. The van der Waals surface area contributed by atoms with Gasteiger partial charge in [-0.3, -0.25) is 0 Å². The topological polar surface area (TPSA) is 27.7 Å². The van der Waals surface area contributed by atoms with Gasteiger partial charge in [-0.05, 0) is 19.3 Å². The Morgan fingerprint density at radius 2 is 1.92 bits per heavy atom. The fraction of sp³-hybridized carbons (Fsp3) is 0.556. The maximum atomic E-state index is 5.21. The van der Waals surface area contributed by atoms with Gasteiger partial charge in [-0.25, -0.2) is 0 Å². The molecule has 0 aliphatic rings. The highest BCUT2D eigenvalue weighted by molar-refractivity contribution is 6.36. The molecule has 0 amide bonds. The normalized spacial score (nSPS) is 11.0. The molecule has 0 spiro atoms. The summed E-state index contributed by atoms with van der Waals surface area (Å²) in [6.45, 7) is 3.64. The Balaban J connectivity index is 3.33. The first-order valence-electron chi connectivity index (χ1n) is 4.32. The van der Waals surface area contributed by atoms with Crippen molar-refractivity contribution in [1.82, 2.24) is 0 Å². The zero-order chi connectivity index (χ0) is 9.94. The highest BCUT2D eigenvalue weighted by atomic mass is 28.3. The van der Waals surface area contributed by atoms with Gasteiger partial charge in [0.25, 0.3) is 0 Å². The molecular formula is C9H18O3Si. The molecule has 0 rings (SSSR count). The van der Waals surface area contributed by atoms with Gasteiger partial charge in [-0.1, -0.05) is 12.2 Å². The van der Waals surface area contributed by atoms with Crippen molar-refractivity contribution in [3.63, 3.8) is 0 Å². The minimum absolute atomic E-state index is 1.00. The van der Waals surface area contributed by atoms with Crippen molar-refractivity contribution in [3.05, 3.63) is 25.0 Å². The molecule has 0 aliphatic carbocycles. The fourth-order valence-electron chi connectivity index (χ4n) is 0.775. The Morgan fingerprint density at radius 3 is 2.46 bits per heavy atom. The van der Waals surface area contributed by atoms with E-state index in [2.05, 4.69) is 6.58 Å². The van der Waals surface area contributed by atoms with E-state index < -0.39 is 9.53 Å². The molecule has 0 radical (unpaired) electrons. The van der Waals surface area contributed by atoms with Gasteiger partial charge in [-0.15, -0.1) is 6.58 Å². The first kappa shape index (κ1) is 12.4. The summed E-state index contributed by atoms with van der Waals surface area (Å²) < 4.78 is 15.1. The van der Waals surface area contributed by atoms with E-state index in [1.807, 2.05) is 12.2 Å². The summed E-state index contributed by atoms with van der Waals surface area (Å²) in [4.78, 5) is 0. The van der Waals surface area contributed by atoms with Gasteiger partial charge in [0.1, 0.15) is 0 Å². The molecule has 0 aromatic carbocycles. The van der Waals surface area contributed by atoms with Crippen LogP contribution < -0.4 is 0 Å². The summed E-state index contributed by atoms with van der Waals surface area (Å²) in [5.74, 6) is 0. The third-order valence-electron chi connectivity index (χ3n) is 1.45. The molecule has 4 heteroatoms. The number of allylic oxidation sites excluding steroid dienone is 2. The van der Waals surface area contributed by atoms with E-state index >= 15 is 0 Å². The molecule has 0 heterocycles. The molecule has 0 bridgehead atoms. The monoisotopic (exact) mass is 202 g/mol. The van der Waals surface area contributed by atoms with Crippen LogP contribution in [0.1, 0.15) is 19.3 Å². The van der Waals surface area contributed by atoms with E-state index in [0.29, 0.717) is 0 Å². The van der Waals surface area contributed by atoms with Gasteiger partial charge in [0.15, 0.2) is 0 Å². The second-order valence-corrected chi connectivity index (χ2v) is 4.28. The quantitative estimate of drug-likeness (QED) is 0.260. The number of unbranched alkanes of at least 4 members (excludes halogenated alkanes) is 2. The van der Waals surface area contributed by atoms with E-state index in [4.69, 9.17) is 13.3 Å². The minimum Gasteiger partial charge on any atom is -0.510 e. The van der Waals surface area contributed by atoms with Gasteiger partial charge >= 0.3 is 9.53 Å². The van der Waals surface area contributed by atoms with E-state index in [9.17, 15) is 0 Å². The molecule has 0 saturated carbocycles. The molecular weight excluding hydrogens is 184 g/mol. The summed E-state index contributed by atoms with van der Waals surface area (Å²) in [5, 5.41) is 0. The second kappa shape index (κ2) is 9.50. The van der Waals surface area contributed by atoms with Crippen molar-refractivity contribution in [1.29, 1.82) is 0 Å². The van der Waals surface area contributed by atoms with Crippen LogP contribution in [0.3, 0.4) is 0 Å². The number of hydrogen-bond acceptors (Lipinski definition) is 3. The average Bonchev–Trinajstić information content (AvgIpc) is 2.17. The first-order valence-corrected chi connectivity index (χ1v) is 5.73. The zero-order valence-electron chi connectivity index (χ0n) is 8.36. The van der Waals surface area contributed by atoms with E-state index in [-0.39, 0.29) is 0 Å². The van der Waals surface area contributed by atoms with Crippen LogP contribution >= 0.6 is 0 Å². The lowest BCUT2D eigenvalue weighted by Crippen LogP contribution is -2.20. The molecule has 0 unspecified atom stereocenters. The SMILES string of the molecule is C=CCCCC=CO[SiH](OC)OC. The fourth-order valence-corrected chi connectivity index (χ4v) is 1.43. The Bertz CT molecular complexity index is 144. The predicted molar refractivity (Wildman–Crippen MR) is 55.4 cm³/mol. The van der Waals surface area contributed by atoms with Crippen molar-refractivity contribution in [2.24, 2.45) is 0 Å². The molecule has 0 saturated heterocycles. The third-order valence-corrected chi connectivity index (χ3v) is 2.60. The maximum absolute atomic E-state index is 5.21. The van der Waals surface area contributed by atoms with Crippen LogP contribution in [0.4, 0.5) is 0 Å². The Kier molecular flexibility index (Phi) is 9.08. The molecule has 0 N–H and O–H groups in total. The van der Waals surface area contributed by atoms with Gasteiger partial charge in [0, 0.05) is 14.2 Å². The van der Waals surface area contributed by atoms with E-state index in [1.54, 1.807) is 20.5 Å². The number of hydrogen-bond donors (Lipinski definition) is 0. The second-order valence-electron chi connectivity index (χ2n) is 2.49. The summed E-state index contributed by atoms with van der Waals surface area (Å²) in [6.07, 6.45) is 8.70. The van der Waals surface area contributed by atoms with Crippen LogP contribution in [0.25, 0.3) is 0 Å². The van der Waals surface area contributed by atoms with Crippen molar-refractivity contribution in [3.8, 4) is 0 Å². The van der Waals surface area contributed by atoms with E-state index in [1.165, 1.54) is 0 Å². The summed E-state index contributed by atoms with van der Waals surface area (Å²) >= 11 is 0. The Hall–Kier alpha value is -0.583. The standard InChI is InChI=1S/C9H18O3Si/c1-4-5-6-7-8-9-12-13(10-2)11-3/h4,8-9,13H,1,5-7H2,2-3H3. The smallest absolute Gasteiger partial charge is 0.510 e. The first-order chi connectivity index (χ1) is 6.35. The third kappa shape index (κ3) is 7.77. The molecule has 0 aliphatic heterocycles. The van der Waals surface area contributed by atoms with Crippen LogP contribution in [-0.2, 0) is 13.3 Å². The predicted octanol–water partition coefficient (Wildman–Crippen LogP) is 1.88.